The molecule has 36 heavy (non-hydrogen) atoms. The molecule has 11 heteroatoms. The van der Waals surface area contributed by atoms with Crippen LogP contribution in [-0.4, -0.2) is 24.8 Å². The molecule has 2 aromatic heterocycles. The highest BCUT2D eigenvalue weighted by Gasteiger charge is 2.42. The normalized spacial score (nSPS) is 17.7. The van der Waals surface area contributed by atoms with Gasteiger partial charge in [-0.05, 0) is 85.0 Å². The molecule has 0 spiro atoms. The van der Waals surface area contributed by atoms with Gasteiger partial charge in [0.15, 0.2) is 10.2 Å². The number of thiocarbonyl (C=S) groups is 1. The van der Waals surface area contributed by atoms with E-state index in [0.29, 0.717) is 21.6 Å². The largest absolute Gasteiger partial charge is 0.452 e. The molecule has 7 nitrogen and oxygen atoms in total. The Labute approximate surface area is 223 Å². The van der Waals surface area contributed by atoms with Crippen LogP contribution in [-0.2, 0) is 10.0 Å². The second-order valence-electron chi connectivity index (χ2n) is 8.13. The quantitative estimate of drug-likeness (QED) is 0.267. The van der Waals surface area contributed by atoms with Crippen molar-refractivity contribution in [3.63, 3.8) is 0 Å². The maximum absolute atomic E-state index is 11.6. The average molecular weight is 557 g/mol. The first-order chi connectivity index (χ1) is 17.3. The van der Waals surface area contributed by atoms with E-state index in [4.69, 9.17) is 28.2 Å². The first kappa shape index (κ1) is 24.6. The second kappa shape index (κ2) is 10.1. The van der Waals surface area contributed by atoms with Crippen LogP contribution in [0, 0.1) is 0 Å². The fourth-order valence-electron chi connectivity index (χ4n) is 3.99. The van der Waals surface area contributed by atoms with Gasteiger partial charge in [0, 0.05) is 27.5 Å². The van der Waals surface area contributed by atoms with Crippen LogP contribution in [0.15, 0.2) is 99.5 Å². The summed E-state index contributed by atoms with van der Waals surface area (Å²) < 4.78 is 32.0. The number of aromatic nitrogens is 1. The minimum atomic E-state index is -3.38. The van der Waals surface area contributed by atoms with Gasteiger partial charge in [-0.3, -0.25) is 9.71 Å². The molecule has 184 valence electrons. The lowest BCUT2D eigenvalue weighted by molar-refractivity contribution is 0.383. The SMILES string of the molecule is CS(=O)(=O)Nc1ccc(N2C(=S)N[C@H](c3ccccn3)[C@@H]2c2ccc(Sc3ccc(Cl)cc3)o2)cc1. The molecule has 0 bridgehead atoms. The van der Waals surface area contributed by atoms with Crippen LogP contribution in [0.1, 0.15) is 23.5 Å². The summed E-state index contributed by atoms with van der Waals surface area (Å²) in [5, 5.41) is 5.31. The summed E-state index contributed by atoms with van der Waals surface area (Å²) in [4.78, 5) is 7.53. The van der Waals surface area contributed by atoms with Crippen LogP contribution in [0.2, 0.25) is 5.02 Å². The molecule has 5 rings (SSSR count). The lowest BCUT2D eigenvalue weighted by Crippen LogP contribution is -2.29. The Balaban J connectivity index is 1.49. The van der Waals surface area contributed by atoms with Crippen LogP contribution < -0.4 is 14.9 Å². The summed E-state index contributed by atoms with van der Waals surface area (Å²) in [6.07, 6.45) is 2.86. The Morgan fingerprint density at radius 1 is 1.06 bits per heavy atom. The van der Waals surface area contributed by atoms with Crippen LogP contribution in [0.3, 0.4) is 0 Å². The highest BCUT2D eigenvalue weighted by Crippen LogP contribution is 2.43. The van der Waals surface area contributed by atoms with Crippen molar-refractivity contribution in [1.82, 2.24) is 10.3 Å². The fourth-order valence-corrected chi connectivity index (χ4v) is 5.81. The van der Waals surface area contributed by atoms with Crippen molar-refractivity contribution < 1.29 is 12.8 Å². The third-order valence-electron chi connectivity index (χ3n) is 5.47. The molecule has 4 aromatic rings. The molecule has 0 saturated carbocycles. The number of pyridine rings is 1. The van der Waals surface area contributed by atoms with E-state index in [2.05, 4.69) is 15.0 Å². The van der Waals surface area contributed by atoms with Gasteiger partial charge in [-0.15, -0.1) is 0 Å². The van der Waals surface area contributed by atoms with Crippen molar-refractivity contribution in [2.24, 2.45) is 0 Å². The first-order valence-electron chi connectivity index (χ1n) is 10.9. The maximum Gasteiger partial charge on any atom is 0.229 e. The molecule has 2 N–H and O–H groups in total. The van der Waals surface area contributed by atoms with Gasteiger partial charge in [0.05, 0.1) is 18.0 Å². The number of furan rings is 1. The number of hydrogen-bond acceptors (Lipinski definition) is 6. The molecule has 1 fully saturated rings. The molecule has 1 aliphatic heterocycles. The summed E-state index contributed by atoms with van der Waals surface area (Å²) in [7, 11) is -3.38. The first-order valence-corrected chi connectivity index (χ1v) is 14.4. The van der Waals surface area contributed by atoms with Crippen LogP contribution in [0.5, 0.6) is 0 Å². The summed E-state index contributed by atoms with van der Waals surface area (Å²) in [5.41, 5.74) is 2.08. The Morgan fingerprint density at radius 3 is 2.47 bits per heavy atom. The fraction of sp³-hybridized carbons (Fsp3) is 0.120. The predicted octanol–water partition coefficient (Wildman–Crippen LogP) is 6.03. The molecule has 0 radical (unpaired) electrons. The highest BCUT2D eigenvalue weighted by atomic mass is 35.5. The lowest BCUT2D eigenvalue weighted by Gasteiger charge is -2.26. The minimum Gasteiger partial charge on any atom is -0.452 e. The number of anilines is 2. The van der Waals surface area contributed by atoms with E-state index in [1.54, 1.807) is 18.3 Å². The van der Waals surface area contributed by atoms with Crippen molar-refractivity contribution in [1.29, 1.82) is 0 Å². The maximum atomic E-state index is 11.6. The Bertz CT molecular complexity index is 1480. The van der Waals surface area contributed by atoms with E-state index < -0.39 is 10.0 Å². The average Bonchev–Trinajstić information content (AvgIpc) is 3.44. The van der Waals surface area contributed by atoms with E-state index in [1.807, 2.05) is 71.6 Å². The molecule has 3 heterocycles. The topological polar surface area (TPSA) is 87.5 Å². The molecule has 0 amide bonds. The third-order valence-corrected chi connectivity index (χ3v) is 7.57. The number of nitrogens with one attached hydrogen (secondary N) is 2. The Hall–Kier alpha value is -3.05. The second-order valence-corrected chi connectivity index (χ2v) is 11.8. The van der Waals surface area contributed by atoms with E-state index in [9.17, 15) is 8.42 Å². The van der Waals surface area contributed by atoms with Crippen LogP contribution in [0.4, 0.5) is 11.4 Å². The molecule has 2 atom stereocenters. The molecule has 0 aliphatic carbocycles. The van der Waals surface area contributed by atoms with E-state index in [0.717, 1.165) is 27.6 Å². The van der Waals surface area contributed by atoms with E-state index in [-0.39, 0.29) is 12.1 Å². The van der Waals surface area contributed by atoms with Gasteiger partial charge >= 0.3 is 0 Å². The third kappa shape index (κ3) is 5.52. The highest BCUT2D eigenvalue weighted by molar-refractivity contribution is 7.99. The van der Waals surface area contributed by atoms with Crippen LogP contribution in [0.25, 0.3) is 0 Å². The lowest BCUT2D eigenvalue weighted by atomic mass is 10.0. The van der Waals surface area contributed by atoms with Crippen LogP contribution >= 0.6 is 35.6 Å². The van der Waals surface area contributed by atoms with Crippen molar-refractivity contribution in [3.8, 4) is 0 Å². The molecule has 2 aromatic carbocycles. The summed E-state index contributed by atoms with van der Waals surface area (Å²) in [6.45, 7) is 0. The number of halogens is 1. The van der Waals surface area contributed by atoms with Crippen molar-refractivity contribution in [2.45, 2.75) is 22.1 Å². The number of hydrogen-bond donors (Lipinski definition) is 2. The summed E-state index contributed by atoms with van der Waals surface area (Å²) in [5.74, 6) is 0.716. The molecular formula is C25H21ClN4O3S3. The Morgan fingerprint density at radius 2 is 1.81 bits per heavy atom. The zero-order valence-electron chi connectivity index (χ0n) is 19.0. The van der Waals surface area contributed by atoms with E-state index in [1.165, 1.54) is 11.8 Å². The van der Waals surface area contributed by atoms with E-state index >= 15 is 0 Å². The number of benzene rings is 2. The minimum absolute atomic E-state index is 0.257. The van der Waals surface area contributed by atoms with Gasteiger partial charge in [0.2, 0.25) is 10.0 Å². The Kier molecular flexibility index (Phi) is 6.94. The summed E-state index contributed by atoms with van der Waals surface area (Å²) >= 11 is 13.2. The zero-order chi connectivity index (χ0) is 25.3. The zero-order valence-corrected chi connectivity index (χ0v) is 22.2. The number of sulfonamides is 1. The molecular weight excluding hydrogens is 536 g/mol. The van der Waals surface area contributed by atoms with Crippen molar-refractivity contribution in [3.05, 3.63) is 102 Å². The van der Waals surface area contributed by atoms with Gasteiger partial charge < -0.3 is 14.6 Å². The van der Waals surface area contributed by atoms with Gasteiger partial charge in [-0.2, -0.15) is 0 Å². The molecule has 1 aliphatic rings. The smallest absolute Gasteiger partial charge is 0.229 e. The predicted molar refractivity (Wildman–Crippen MR) is 147 cm³/mol. The van der Waals surface area contributed by atoms with Gasteiger partial charge in [0.1, 0.15) is 11.8 Å². The van der Waals surface area contributed by atoms with Gasteiger partial charge in [0.25, 0.3) is 0 Å². The molecule has 1 saturated heterocycles. The number of rotatable bonds is 7. The number of nitrogens with zero attached hydrogens (tertiary/aromatic N) is 2. The van der Waals surface area contributed by atoms with Gasteiger partial charge in [-0.1, -0.05) is 29.4 Å². The van der Waals surface area contributed by atoms with Crippen molar-refractivity contribution in [2.75, 3.05) is 15.9 Å². The monoisotopic (exact) mass is 556 g/mol. The van der Waals surface area contributed by atoms with Gasteiger partial charge in [-0.25, -0.2) is 8.42 Å². The summed E-state index contributed by atoms with van der Waals surface area (Å²) in [6, 6.07) is 23.7. The molecule has 0 unspecified atom stereocenters. The standard InChI is InChI=1S/C25H21ClN4O3S3/c1-36(31,32)29-17-7-9-18(10-8-17)30-24(23(28-25(30)34)20-4-2-3-15-27-20)21-13-14-22(33-21)35-19-11-5-16(26)6-12-19/h2-15,23-24,29H,1H3,(H,28,34)/t23-,24+/m1/s1. The van der Waals surface area contributed by atoms with Crippen molar-refractivity contribution >= 4 is 62.1 Å².